The molecule has 2 rings (SSSR count). The van der Waals surface area contributed by atoms with Gasteiger partial charge >= 0.3 is 0 Å². The van der Waals surface area contributed by atoms with Gasteiger partial charge in [-0.1, -0.05) is 39.0 Å². The molecule has 2 aromatic rings. The van der Waals surface area contributed by atoms with Crippen molar-refractivity contribution in [2.45, 2.75) is 39.9 Å². The highest BCUT2D eigenvalue weighted by Crippen LogP contribution is 2.21. The first-order valence-electron chi connectivity index (χ1n) is 7.18. The third kappa shape index (κ3) is 4.17. The van der Waals surface area contributed by atoms with Crippen LogP contribution in [0.1, 0.15) is 31.9 Å². The minimum absolute atomic E-state index is 0.117. The lowest BCUT2D eigenvalue weighted by molar-refractivity contribution is 0.240. The number of imidazole rings is 1. The first-order valence-corrected chi connectivity index (χ1v) is 7.18. The van der Waals surface area contributed by atoms with E-state index in [9.17, 15) is 0 Å². The van der Waals surface area contributed by atoms with Crippen LogP contribution in [0.15, 0.2) is 43.0 Å². The van der Waals surface area contributed by atoms with E-state index in [1.165, 1.54) is 0 Å². The summed E-state index contributed by atoms with van der Waals surface area (Å²) in [5.74, 6) is 0. The van der Waals surface area contributed by atoms with Crippen LogP contribution in [0, 0.1) is 16.7 Å². The molecular weight excluding hydrogens is 260 g/mol. The summed E-state index contributed by atoms with van der Waals surface area (Å²) in [4.78, 5) is 4.10. The first-order chi connectivity index (χ1) is 10.0. The van der Waals surface area contributed by atoms with Crippen LogP contribution >= 0.6 is 0 Å². The number of hydrogen-bond acceptors (Lipinski definition) is 3. The van der Waals surface area contributed by atoms with Crippen molar-refractivity contribution < 1.29 is 0 Å². The largest absolute Gasteiger partial charge is 0.336 e. The van der Waals surface area contributed by atoms with Crippen LogP contribution < -0.4 is 5.32 Å². The van der Waals surface area contributed by atoms with E-state index in [2.05, 4.69) is 41.7 Å². The molecule has 0 radical (unpaired) electrons. The van der Waals surface area contributed by atoms with Crippen molar-refractivity contribution in [3.8, 4) is 6.07 Å². The number of nitriles is 1. The summed E-state index contributed by atoms with van der Waals surface area (Å²) in [6.07, 6.45) is 5.61. The highest BCUT2D eigenvalue weighted by atomic mass is 15.1. The highest BCUT2D eigenvalue weighted by molar-refractivity contribution is 5.37. The number of benzene rings is 1. The van der Waals surface area contributed by atoms with E-state index in [1.54, 1.807) is 6.20 Å². The Labute approximate surface area is 126 Å². The smallest absolute Gasteiger partial charge is 0.0995 e. The third-order valence-electron chi connectivity index (χ3n) is 3.67. The van der Waals surface area contributed by atoms with Gasteiger partial charge in [0, 0.05) is 31.5 Å². The van der Waals surface area contributed by atoms with Crippen LogP contribution in [0.2, 0.25) is 0 Å². The molecule has 4 nitrogen and oxygen atoms in total. The van der Waals surface area contributed by atoms with Gasteiger partial charge in [0.15, 0.2) is 0 Å². The zero-order chi connectivity index (χ0) is 15.3. The average molecular weight is 282 g/mol. The molecule has 0 aliphatic carbocycles. The predicted octanol–water partition coefficient (Wildman–Crippen LogP) is 2.96. The molecule has 1 N–H and O–H groups in total. The van der Waals surface area contributed by atoms with E-state index in [1.807, 2.05) is 36.8 Å². The molecular formula is C17H22N4. The maximum atomic E-state index is 9.16. The van der Waals surface area contributed by atoms with E-state index in [4.69, 9.17) is 5.26 Å². The number of nitrogens with zero attached hydrogens (tertiary/aromatic N) is 3. The van der Waals surface area contributed by atoms with Crippen molar-refractivity contribution in [2.24, 2.45) is 5.41 Å². The lowest BCUT2D eigenvalue weighted by atomic mass is 9.86. The Balaban J connectivity index is 2.08. The number of rotatable bonds is 5. The lowest BCUT2D eigenvalue weighted by Crippen LogP contribution is -2.43. The fourth-order valence-electron chi connectivity index (χ4n) is 2.27. The molecule has 0 aliphatic heterocycles. The minimum Gasteiger partial charge on any atom is -0.336 e. The molecule has 1 unspecified atom stereocenters. The third-order valence-corrected chi connectivity index (χ3v) is 3.67. The Hall–Kier alpha value is -2.12. The SMILES string of the molecule is CC(C)(C)C(Cn1ccnc1)NCc1ccccc1C#N. The molecule has 1 heterocycles. The molecule has 1 atom stereocenters. The van der Waals surface area contributed by atoms with Crippen LogP contribution in [0.25, 0.3) is 0 Å². The maximum Gasteiger partial charge on any atom is 0.0995 e. The molecule has 0 fully saturated rings. The van der Waals surface area contributed by atoms with Crippen molar-refractivity contribution in [1.29, 1.82) is 5.26 Å². The van der Waals surface area contributed by atoms with Crippen LogP contribution in [0.5, 0.6) is 0 Å². The van der Waals surface area contributed by atoms with E-state index in [0.29, 0.717) is 12.6 Å². The molecule has 110 valence electrons. The van der Waals surface area contributed by atoms with Crippen molar-refractivity contribution >= 4 is 0 Å². The molecule has 0 amide bonds. The summed E-state index contributed by atoms with van der Waals surface area (Å²) >= 11 is 0. The predicted molar refractivity (Wildman–Crippen MR) is 83.5 cm³/mol. The Morgan fingerprint density at radius 1 is 1.33 bits per heavy atom. The Kier molecular flexibility index (Phi) is 4.77. The van der Waals surface area contributed by atoms with Crippen LogP contribution in [0.3, 0.4) is 0 Å². The second-order valence-electron chi connectivity index (χ2n) is 6.33. The van der Waals surface area contributed by atoms with Crippen LogP contribution in [-0.2, 0) is 13.1 Å². The van der Waals surface area contributed by atoms with Crippen molar-refractivity contribution in [3.05, 3.63) is 54.1 Å². The quantitative estimate of drug-likeness (QED) is 0.917. The van der Waals surface area contributed by atoms with Gasteiger partial charge in [-0.15, -0.1) is 0 Å². The molecule has 4 heteroatoms. The van der Waals surface area contributed by atoms with E-state index < -0.39 is 0 Å². The Morgan fingerprint density at radius 3 is 2.71 bits per heavy atom. The molecule has 21 heavy (non-hydrogen) atoms. The van der Waals surface area contributed by atoms with E-state index >= 15 is 0 Å². The number of hydrogen-bond donors (Lipinski definition) is 1. The summed E-state index contributed by atoms with van der Waals surface area (Å²) in [6.45, 7) is 8.21. The number of aromatic nitrogens is 2. The molecule has 0 bridgehead atoms. The van der Waals surface area contributed by atoms with Gasteiger partial charge in [-0.2, -0.15) is 5.26 Å². The van der Waals surface area contributed by atoms with Gasteiger partial charge in [-0.3, -0.25) is 0 Å². The van der Waals surface area contributed by atoms with Gasteiger partial charge in [-0.05, 0) is 17.0 Å². The molecule has 1 aromatic carbocycles. The molecule has 0 aliphatic rings. The highest BCUT2D eigenvalue weighted by Gasteiger charge is 2.24. The lowest BCUT2D eigenvalue weighted by Gasteiger charge is -2.32. The van der Waals surface area contributed by atoms with E-state index in [-0.39, 0.29) is 5.41 Å². The Morgan fingerprint density at radius 2 is 2.10 bits per heavy atom. The summed E-state index contributed by atoms with van der Waals surface area (Å²) < 4.78 is 2.08. The van der Waals surface area contributed by atoms with Gasteiger partial charge < -0.3 is 9.88 Å². The zero-order valence-electron chi connectivity index (χ0n) is 12.9. The minimum atomic E-state index is 0.117. The fraction of sp³-hybridized carbons (Fsp3) is 0.412. The average Bonchev–Trinajstić information content (AvgIpc) is 2.95. The van der Waals surface area contributed by atoms with Crippen molar-refractivity contribution in [3.63, 3.8) is 0 Å². The second kappa shape index (κ2) is 6.55. The fourth-order valence-corrected chi connectivity index (χ4v) is 2.27. The van der Waals surface area contributed by atoms with Gasteiger partial charge in [0.2, 0.25) is 0 Å². The van der Waals surface area contributed by atoms with Gasteiger partial charge in [0.1, 0.15) is 0 Å². The Bertz CT molecular complexity index is 602. The van der Waals surface area contributed by atoms with E-state index in [0.717, 1.165) is 17.7 Å². The normalized spacial score (nSPS) is 12.9. The van der Waals surface area contributed by atoms with Crippen LogP contribution in [-0.4, -0.2) is 15.6 Å². The second-order valence-corrected chi connectivity index (χ2v) is 6.33. The maximum absolute atomic E-state index is 9.16. The van der Waals surface area contributed by atoms with Crippen molar-refractivity contribution in [2.75, 3.05) is 0 Å². The number of nitrogens with one attached hydrogen (secondary N) is 1. The molecule has 0 spiro atoms. The topological polar surface area (TPSA) is 53.6 Å². The zero-order valence-corrected chi connectivity index (χ0v) is 12.9. The summed E-state index contributed by atoms with van der Waals surface area (Å²) in [6, 6.07) is 10.3. The molecule has 1 aromatic heterocycles. The molecule has 0 saturated heterocycles. The van der Waals surface area contributed by atoms with Crippen LogP contribution in [0.4, 0.5) is 0 Å². The molecule has 0 saturated carbocycles. The first kappa shape index (κ1) is 15.3. The summed E-state index contributed by atoms with van der Waals surface area (Å²) in [7, 11) is 0. The standard InChI is InChI=1S/C17H22N4/c1-17(2,3)16(12-21-9-8-19-13-21)20-11-15-7-5-4-6-14(15)10-18/h4-9,13,16,20H,11-12H2,1-3H3. The van der Waals surface area contributed by atoms with Gasteiger partial charge in [0.05, 0.1) is 18.0 Å². The summed E-state index contributed by atoms with van der Waals surface area (Å²) in [5.41, 5.74) is 1.89. The van der Waals surface area contributed by atoms with Crippen molar-refractivity contribution in [1.82, 2.24) is 14.9 Å². The van der Waals surface area contributed by atoms with Gasteiger partial charge in [-0.25, -0.2) is 4.98 Å². The monoisotopic (exact) mass is 282 g/mol. The summed E-state index contributed by atoms with van der Waals surface area (Å²) in [5, 5.41) is 12.8. The van der Waals surface area contributed by atoms with Gasteiger partial charge in [0.25, 0.3) is 0 Å².